The Morgan fingerprint density at radius 1 is 0.750 bits per heavy atom. The van der Waals surface area contributed by atoms with Crippen molar-refractivity contribution in [2.75, 3.05) is 23.1 Å². The van der Waals surface area contributed by atoms with Crippen molar-refractivity contribution in [1.29, 1.82) is 0 Å². The molecule has 0 heterocycles. The number of hydrogen-bond acceptors (Lipinski definition) is 4. The molecule has 0 fully saturated rings. The quantitative estimate of drug-likeness (QED) is 0.262. The summed E-state index contributed by atoms with van der Waals surface area (Å²) in [6.07, 6.45) is 3.55. The summed E-state index contributed by atoms with van der Waals surface area (Å²) >= 11 is 26.6. The van der Waals surface area contributed by atoms with Gasteiger partial charge in [-0.05, 0) is 48.9 Å². The Morgan fingerprint density at radius 2 is 1.14 bits per heavy atom. The summed E-state index contributed by atoms with van der Waals surface area (Å²) in [6.45, 7) is 0. The van der Waals surface area contributed by atoms with Crippen LogP contribution in [0.25, 0.3) is 0 Å². The van der Waals surface area contributed by atoms with E-state index < -0.39 is 11.8 Å². The lowest BCUT2D eigenvalue weighted by Gasteiger charge is -2.14. The number of nitrogens with one attached hydrogen (secondary N) is 2. The molecule has 28 heavy (non-hydrogen) atoms. The number of benzene rings is 2. The first kappa shape index (κ1) is 23.3. The normalized spacial score (nSPS) is 10.4. The number of thioether (sulfide) groups is 2. The number of hydrogen-bond donors (Lipinski definition) is 2. The van der Waals surface area contributed by atoms with E-state index >= 15 is 0 Å². The largest absolute Gasteiger partial charge is 0.320 e. The summed E-state index contributed by atoms with van der Waals surface area (Å²) < 4.78 is 0.533. The minimum absolute atomic E-state index is 0.0583. The van der Waals surface area contributed by atoms with Gasteiger partial charge in [0.05, 0.1) is 25.7 Å². The lowest BCUT2D eigenvalue weighted by atomic mass is 10.2. The summed E-state index contributed by atoms with van der Waals surface area (Å²) in [6, 6.07) is 9.30. The van der Waals surface area contributed by atoms with Gasteiger partial charge >= 0.3 is 0 Å². The van der Waals surface area contributed by atoms with E-state index in [2.05, 4.69) is 10.6 Å². The number of rotatable bonds is 6. The Bertz CT molecular complexity index is 878. The van der Waals surface area contributed by atoms with Crippen LogP contribution < -0.4 is 10.6 Å². The molecule has 0 bridgehead atoms. The Labute approximate surface area is 191 Å². The molecule has 0 unspecified atom stereocenters. The molecule has 0 aromatic heterocycles. The molecule has 0 saturated heterocycles. The van der Waals surface area contributed by atoms with E-state index in [1.807, 2.05) is 0 Å². The molecular weight excluding hydrogens is 482 g/mol. The molecule has 10 heteroatoms. The SMILES string of the molecule is CSC(SC)=C(C(=O)Nc1ccc(Cl)cc1Cl)C(=O)Nc1ccc(Cl)cc1Cl. The second-order valence-electron chi connectivity index (χ2n) is 5.23. The number of carbonyl (C=O) groups is 2. The van der Waals surface area contributed by atoms with Crippen molar-refractivity contribution in [3.05, 3.63) is 66.3 Å². The van der Waals surface area contributed by atoms with Gasteiger partial charge in [-0.1, -0.05) is 46.4 Å². The van der Waals surface area contributed by atoms with Gasteiger partial charge in [-0.15, -0.1) is 23.5 Å². The molecule has 0 aliphatic rings. The molecule has 0 aliphatic heterocycles. The zero-order valence-corrected chi connectivity index (χ0v) is 19.3. The lowest BCUT2D eigenvalue weighted by Crippen LogP contribution is -2.26. The van der Waals surface area contributed by atoms with Gasteiger partial charge in [-0.3, -0.25) is 9.59 Å². The highest BCUT2D eigenvalue weighted by Gasteiger charge is 2.24. The van der Waals surface area contributed by atoms with Gasteiger partial charge in [-0.25, -0.2) is 0 Å². The molecule has 0 spiro atoms. The van der Waals surface area contributed by atoms with Crippen LogP contribution >= 0.6 is 69.9 Å². The highest BCUT2D eigenvalue weighted by molar-refractivity contribution is 8.21. The highest BCUT2D eigenvalue weighted by Crippen LogP contribution is 2.32. The topological polar surface area (TPSA) is 58.2 Å². The van der Waals surface area contributed by atoms with Crippen LogP contribution in [-0.4, -0.2) is 24.3 Å². The Balaban J connectivity index is 2.35. The third kappa shape index (κ3) is 5.99. The van der Waals surface area contributed by atoms with Crippen molar-refractivity contribution in [1.82, 2.24) is 0 Å². The smallest absolute Gasteiger partial charge is 0.263 e. The minimum Gasteiger partial charge on any atom is -0.320 e. The maximum absolute atomic E-state index is 12.9. The van der Waals surface area contributed by atoms with Crippen LogP contribution in [0.3, 0.4) is 0 Å². The van der Waals surface area contributed by atoms with Crippen LogP contribution in [0.4, 0.5) is 11.4 Å². The predicted octanol–water partition coefficient (Wildman–Crippen LogP) is 6.82. The average Bonchev–Trinajstić information content (AvgIpc) is 2.64. The molecule has 2 rings (SSSR count). The highest BCUT2D eigenvalue weighted by atomic mass is 35.5. The molecule has 2 N–H and O–H groups in total. The Morgan fingerprint density at radius 3 is 1.46 bits per heavy atom. The van der Waals surface area contributed by atoms with Crippen molar-refractivity contribution < 1.29 is 9.59 Å². The molecular formula is C18H14Cl4N2O2S2. The second-order valence-corrected chi connectivity index (χ2v) is 8.81. The van der Waals surface area contributed by atoms with Crippen LogP contribution in [-0.2, 0) is 9.59 Å². The van der Waals surface area contributed by atoms with Crippen LogP contribution in [0.5, 0.6) is 0 Å². The summed E-state index contributed by atoms with van der Waals surface area (Å²) in [7, 11) is 0. The fraction of sp³-hybridized carbons (Fsp3) is 0.111. The molecule has 2 aromatic carbocycles. The van der Waals surface area contributed by atoms with Crippen molar-refractivity contribution in [3.8, 4) is 0 Å². The number of halogens is 4. The third-order valence-corrected chi connectivity index (χ3v) is 6.63. The second kappa shape index (κ2) is 10.7. The molecule has 0 radical (unpaired) electrons. The summed E-state index contributed by atoms with van der Waals surface area (Å²) in [5.74, 6) is -1.21. The number of anilines is 2. The van der Waals surface area contributed by atoms with Crippen molar-refractivity contribution >= 4 is 93.1 Å². The zero-order valence-electron chi connectivity index (χ0n) is 14.6. The van der Waals surface area contributed by atoms with Crippen molar-refractivity contribution in [2.24, 2.45) is 0 Å². The average molecular weight is 496 g/mol. The Kier molecular flexibility index (Phi) is 8.86. The molecule has 0 saturated carbocycles. The molecule has 0 aliphatic carbocycles. The van der Waals surface area contributed by atoms with Crippen molar-refractivity contribution in [2.45, 2.75) is 0 Å². The van der Waals surface area contributed by atoms with E-state index in [1.165, 1.54) is 35.7 Å². The third-order valence-electron chi connectivity index (χ3n) is 3.39. The minimum atomic E-state index is -0.606. The maximum Gasteiger partial charge on any atom is 0.263 e. The summed E-state index contributed by atoms with van der Waals surface area (Å²) in [5.41, 5.74) is 0.622. The monoisotopic (exact) mass is 494 g/mol. The van der Waals surface area contributed by atoms with E-state index in [1.54, 1.807) is 36.8 Å². The van der Waals surface area contributed by atoms with Crippen LogP contribution in [0.15, 0.2) is 46.2 Å². The zero-order chi connectivity index (χ0) is 20.8. The van der Waals surface area contributed by atoms with Gasteiger partial charge in [0.2, 0.25) is 0 Å². The molecule has 148 valence electrons. The fourth-order valence-corrected chi connectivity index (χ4v) is 4.48. The van der Waals surface area contributed by atoms with Crippen molar-refractivity contribution in [3.63, 3.8) is 0 Å². The molecule has 2 aromatic rings. The molecule has 4 nitrogen and oxygen atoms in total. The lowest BCUT2D eigenvalue weighted by molar-refractivity contribution is -0.118. The van der Waals surface area contributed by atoms with Crippen LogP contribution in [0.1, 0.15) is 0 Å². The van der Waals surface area contributed by atoms with Crippen LogP contribution in [0.2, 0.25) is 20.1 Å². The first-order chi connectivity index (χ1) is 13.3. The fourth-order valence-electron chi connectivity index (χ4n) is 2.13. The summed E-state index contributed by atoms with van der Waals surface area (Å²) in [5, 5.41) is 6.68. The van der Waals surface area contributed by atoms with Gasteiger partial charge in [-0.2, -0.15) is 0 Å². The standard InChI is InChI=1S/C18H14Cl4N2O2S2/c1-27-18(28-2)15(16(25)23-13-5-3-9(19)7-11(13)21)17(26)24-14-6-4-10(20)8-12(14)22/h3-8H,1-2H3,(H,23,25)(H,24,26). The van der Waals surface area contributed by atoms with E-state index in [-0.39, 0.29) is 15.6 Å². The first-order valence-corrected chi connectivity index (χ1v) is 11.6. The summed E-state index contributed by atoms with van der Waals surface area (Å²) in [4.78, 5) is 25.8. The Hall–Kier alpha value is -1.02. The van der Waals surface area contributed by atoms with Gasteiger partial charge < -0.3 is 10.6 Å². The van der Waals surface area contributed by atoms with E-state index in [4.69, 9.17) is 46.4 Å². The van der Waals surface area contributed by atoms with E-state index in [0.717, 1.165) is 0 Å². The maximum atomic E-state index is 12.9. The molecule has 0 atom stereocenters. The van der Waals surface area contributed by atoms with Gasteiger partial charge in [0.15, 0.2) is 0 Å². The molecule has 2 amide bonds. The number of carbonyl (C=O) groups excluding carboxylic acids is 2. The van der Waals surface area contributed by atoms with Gasteiger partial charge in [0.1, 0.15) is 5.57 Å². The van der Waals surface area contributed by atoms with E-state index in [0.29, 0.717) is 25.7 Å². The van der Waals surface area contributed by atoms with E-state index in [9.17, 15) is 9.59 Å². The first-order valence-electron chi connectivity index (χ1n) is 7.61. The number of amides is 2. The predicted molar refractivity (Wildman–Crippen MR) is 124 cm³/mol. The van der Waals surface area contributed by atoms with Crippen LogP contribution in [0, 0.1) is 0 Å². The van der Waals surface area contributed by atoms with Gasteiger partial charge in [0.25, 0.3) is 11.8 Å². The van der Waals surface area contributed by atoms with Gasteiger partial charge in [0, 0.05) is 10.0 Å².